The van der Waals surface area contributed by atoms with Gasteiger partial charge in [-0.05, 0) is 70.9 Å². The zero-order valence-electron chi connectivity index (χ0n) is 15.0. The van der Waals surface area contributed by atoms with Crippen LogP contribution in [0.25, 0.3) is 0 Å². The molecule has 0 radical (unpaired) electrons. The summed E-state index contributed by atoms with van der Waals surface area (Å²) >= 11 is 1.82. The number of thiophene rings is 1. The highest BCUT2D eigenvalue weighted by Crippen LogP contribution is 2.25. The molecule has 2 heterocycles. The van der Waals surface area contributed by atoms with Crippen molar-refractivity contribution in [2.75, 3.05) is 13.1 Å². The zero-order chi connectivity index (χ0) is 17.0. The Bertz CT molecular complexity index is 521. The van der Waals surface area contributed by atoms with E-state index in [0.29, 0.717) is 12.1 Å². The average molecular weight is 339 g/mol. The number of amides is 1. The summed E-state index contributed by atoms with van der Waals surface area (Å²) in [5.74, 6) is 0. The second kappa shape index (κ2) is 7.67. The molecule has 1 fully saturated rings. The molecular formula is C18H30N2O2S. The predicted octanol–water partition coefficient (Wildman–Crippen LogP) is 4.50. The van der Waals surface area contributed by atoms with E-state index in [1.165, 1.54) is 10.4 Å². The maximum absolute atomic E-state index is 12.2. The number of nitrogens with zero attached hydrogens (tertiary/aromatic N) is 1. The van der Waals surface area contributed by atoms with Crippen molar-refractivity contribution in [2.24, 2.45) is 0 Å². The van der Waals surface area contributed by atoms with Gasteiger partial charge in [0.25, 0.3) is 0 Å². The number of rotatable bonds is 3. The fraction of sp³-hybridized carbons (Fsp3) is 0.722. The molecule has 2 atom stereocenters. The van der Waals surface area contributed by atoms with E-state index in [2.05, 4.69) is 30.6 Å². The molecule has 0 saturated carbocycles. The van der Waals surface area contributed by atoms with Gasteiger partial charge in [-0.15, -0.1) is 11.3 Å². The van der Waals surface area contributed by atoms with Crippen LogP contribution in [-0.2, 0) is 4.74 Å². The second-order valence-electron chi connectivity index (χ2n) is 7.45. The number of nitrogens with one attached hydrogen (secondary N) is 1. The first-order valence-corrected chi connectivity index (χ1v) is 9.42. The van der Waals surface area contributed by atoms with Gasteiger partial charge in [0.2, 0.25) is 0 Å². The van der Waals surface area contributed by atoms with Crippen molar-refractivity contribution in [3.8, 4) is 0 Å². The van der Waals surface area contributed by atoms with Crippen LogP contribution < -0.4 is 5.32 Å². The van der Waals surface area contributed by atoms with Crippen LogP contribution in [0.3, 0.4) is 0 Å². The number of hydrogen-bond donors (Lipinski definition) is 1. The third-order valence-corrected chi connectivity index (χ3v) is 5.36. The number of carbonyl (C=O) groups is 1. The SMILES string of the molecule is Cc1ccsc1C(C)NC1CCCN(C(=O)OC(C)(C)C)CC1. The van der Waals surface area contributed by atoms with Crippen LogP contribution in [0, 0.1) is 6.92 Å². The minimum atomic E-state index is -0.424. The molecule has 5 heteroatoms. The van der Waals surface area contributed by atoms with E-state index in [-0.39, 0.29) is 6.09 Å². The molecule has 23 heavy (non-hydrogen) atoms. The Balaban J connectivity index is 1.86. The highest BCUT2D eigenvalue weighted by Gasteiger charge is 2.26. The first kappa shape index (κ1) is 18.3. The standard InChI is InChI=1S/C18H30N2O2S/c1-13-9-12-23-16(13)14(2)19-15-7-6-10-20(11-8-15)17(21)22-18(3,4)5/h9,12,14-15,19H,6-8,10-11H2,1-5H3. The predicted molar refractivity (Wildman–Crippen MR) is 96.1 cm³/mol. The molecule has 1 aliphatic heterocycles. The summed E-state index contributed by atoms with van der Waals surface area (Å²) in [6, 6.07) is 3.00. The van der Waals surface area contributed by atoms with Gasteiger partial charge in [0.05, 0.1) is 0 Å². The average Bonchev–Trinajstić information content (AvgIpc) is 2.72. The van der Waals surface area contributed by atoms with Crippen LogP contribution in [0.1, 0.15) is 63.4 Å². The Morgan fingerprint density at radius 2 is 2.13 bits per heavy atom. The van der Waals surface area contributed by atoms with Crippen molar-refractivity contribution in [1.29, 1.82) is 0 Å². The van der Waals surface area contributed by atoms with E-state index in [9.17, 15) is 4.79 Å². The highest BCUT2D eigenvalue weighted by molar-refractivity contribution is 7.10. The molecule has 4 nitrogen and oxygen atoms in total. The highest BCUT2D eigenvalue weighted by atomic mass is 32.1. The van der Waals surface area contributed by atoms with E-state index in [0.717, 1.165) is 32.4 Å². The first-order valence-electron chi connectivity index (χ1n) is 8.54. The van der Waals surface area contributed by atoms with E-state index in [4.69, 9.17) is 4.74 Å². The Labute approximate surface area is 144 Å². The second-order valence-corrected chi connectivity index (χ2v) is 8.40. The molecule has 2 rings (SSSR count). The minimum Gasteiger partial charge on any atom is -0.444 e. The number of ether oxygens (including phenoxy) is 1. The number of likely N-dealkylation sites (tertiary alicyclic amines) is 1. The van der Waals surface area contributed by atoms with Gasteiger partial charge in [-0.3, -0.25) is 0 Å². The molecule has 0 aliphatic carbocycles. The summed E-state index contributed by atoms with van der Waals surface area (Å²) < 4.78 is 5.49. The van der Waals surface area contributed by atoms with Crippen LogP contribution in [-0.4, -0.2) is 35.7 Å². The maximum atomic E-state index is 12.2. The summed E-state index contributed by atoms with van der Waals surface area (Å²) in [5.41, 5.74) is 0.936. The lowest BCUT2D eigenvalue weighted by molar-refractivity contribution is 0.0256. The molecule has 130 valence electrons. The van der Waals surface area contributed by atoms with Crippen molar-refractivity contribution in [3.05, 3.63) is 21.9 Å². The monoisotopic (exact) mass is 338 g/mol. The minimum absolute atomic E-state index is 0.180. The summed E-state index contributed by atoms with van der Waals surface area (Å²) in [4.78, 5) is 15.5. The largest absolute Gasteiger partial charge is 0.444 e. The lowest BCUT2D eigenvalue weighted by atomic mass is 10.1. The molecule has 0 bridgehead atoms. The fourth-order valence-electron chi connectivity index (χ4n) is 3.03. The van der Waals surface area contributed by atoms with Gasteiger partial charge in [0, 0.05) is 30.1 Å². The van der Waals surface area contributed by atoms with Gasteiger partial charge in [-0.1, -0.05) is 0 Å². The first-order chi connectivity index (χ1) is 10.8. The Kier molecular flexibility index (Phi) is 6.09. The van der Waals surface area contributed by atoms with Gasteiger partial charge in [-0.25, -0.2) is 4.79 Å². The molecule has 1 saturated heterocycles. The van der Waals surface area contributed by atoms with Gasteiger partial charge < -0.3 is 15.0 Å². The van der Waals surface area contributed by atoms with Gasteiger partial charge in [0.15, 0.2) is 0 Å². The molecular weight excluding hydrogens is 308 g/mol. The summed E-state index contributed by atoms with van der Waals surface area (Å²) in [7, 11) is 0. The lowest BCUT2D eigenvalue weighted by Crippen LogP contribution is -2.38. The van der Waals surface area contributed by atoms with Crippen LogP contribution in [0.5, 0.6) is 0 Å². The summed E-state index contributed by atoms with van der Waals surface area (Å²) in [5, 5.41) is 5.89. The molecule has 0 spiro atoms. The van der Waals surface area contributed by atoms with Gasteiger partial charge in [-0.2, -0.15) is 0 Å². The summed E-state index contributed by atoms with van der Waals surface area (Å²) in [6.07, 6.45) is 2.93. The summed E-state index contributed by atoms with van der Waals surface area (Å²) in [6.45, 7) is 11.7. The molecule has 1 aliphatic rings. The normalized spacial score (nSPS) is 20.9. The number of aryl methyl sites for hydroxylation is 1. The third-order valence-electron chi connectivity index (χ3n) is 4.16. The molecule has 1 aromatic rings. The smallest absolute Gasteiger partial charge is 0.410 e. The van der Waals surface area contributed by atoms with Crippen molar-refractivity contribution in [2.45, 2.75) is 71.6 Å². The van der Waals surface area contributed by atoms with Crippen LogP contribution in [0.15, 0.2) is 11.4 Å². The van der Waals surface area contributed by atoms with Crippen LogP contribution in [0.2, 0.25) is 0 Å². The zero-order valence-corrected chi connectivity index (χ0v) is 15.8. The maximum Gasteiger partial charge on any atom is 0.410 e. The number of carbonyl (C=O) groups excluding carboxylic acids is 1. The topological polar surface area (TPSA) is 41.6 Å². The Hall–Kier alpha value is -1.07. The van der Waals surface area contributed by atoms with Gasteiger partial charge in [0.1, 0.15) is 5.60 Å². The molecule has 1 amide bonds. The van der Waals surface area contributed by atoms with Crippen molar-refractivity contribution in [3.63, 3.8) is 0 Å². The van der Waals surface area contributed by atoms with E-state index in [1.807, 2.05) is 37.0 Å². The quantitative estimate of drug-likeness (QED) is 0.882. The van der Waals surface area contributed by atoms with Crippen LogP contribution in [0.4, 0.5) is 4.79 Å². The lowest BCUT2D eigenvalue weighted by Gasteiger charge is -2.26. The third kappa shape index (κ3) is 5.50. The Morgan fingerprint density at radius 1 is 1.39 bits per heavy atom. The fourth-order valence-corrected chi connectivity index (χ4v) is 3.97. The van der Waals surface area contributed by atoms with Crippen molar-refractivity contribution in [1.82, 2.24) is 10.2 Å². The molecule has 0 aromatic carbocycles. The van der Waals surface area contributed by atoms with Crippen molar-refractivity contribution >= 4 is 17.4 Å². The molecule has 2 unspecified atom stereocenters. The molecule has 1 aromatic heterocycles. The van der Waals surface area contributed by atoms with E-state index >= 15 is 0 Å². The Morgan fingerprint density at radius 3 is 2.74 bits per heavy atom. The molecule has 1 N–H and O–H groups in total. The van der Waals surface area contributed by atoms with Gasteiger partial charge >= 0.3 is 6.09 Å². The van der Waals surface area contributed by atoms with E-state index < -0.39 is 5.60 Å². The number of hydrogen-bond acceptors (Lipinski definition) is 4. The van der Waals surface area contributed by atoms with E-state index in [1.54, 1.807) is 0 Å². The van der Waals surface area contributed by atoms with Crippen molar-refractivity contribution < 1.29 is 9.53 Å². The van der Waals surface area contributed by atoms with Crippen LogP contribution >= 0.6 is 11.3 Å².